The summed E-state index contributed by atoms with van der Waals surface area (Å²) in [7, 11) is 0.645. The maximum absolute atomic E-state index is 9.77. The minimum Gasteiger partial charge on any atom is -0.494 e. The number of hydrogen-bond donors (Lipinski definition) is 2. The fourth-order valence-electron chi connectivity index (χ4n) is 2.34. The normalized spacial score (nSPS) is 16.4. The highest BCUT2D eigenvalue weighted by atomic mass is 79.9. The van der Waals surface area contributed by atoms with E-state index in [1.165, 1.54) is 17.3 Å². The molecule has 0 radical (unpaired) electrons. The van der Waals surface area contributed by atoms with Gasteiger partial charge in [-0.15, -0.1) is 0 Å². The molecule has 0 atom stereocenters. The molecule has 1 aliphatic rings. The predicted octanol–water partition coefficient (Wildman–Crippen LogP) is 3.42. The third-order valence-corrected chi connectivity index (χ3v) is 4.02. The number of ether oxygens (including phenoxy) is 1. The molecule has 6 nitrogen and oxygen atoms in total. The number of aliphatic hydroxyl groups is 2. The molecule has 2 aromatic rings. The van der Waals surface area contributed by atoms with Gasteiger partial charge in [0.05, 0.1) is 12.4 Å². The maximum atomic E-state index is 9.77. The number of nitrogens with zero attached hydrogens (tertiary/aromatic N) is 1. The second kappa shape index (κ2) is 8.10. The Kier molecular flexibility index (Phi) is 5.63. The van der Waals surface area contributed by atoms with Gasteiger partial charge in [-0.3, -0.25) is 0 Å². The third kappa shape index (κ3) is 4.89. The zero-order valence-corrected chi connectivity index (χ0v) is 15.6. The highest BCUT2D eigenvalue weighted by Crippen LogP contribution is 2.16. The summed E-state index contributed by atoms with van der Waals surface area (Å²) in [6.45, 7) is 0.439. The molecule has 0 bridgehead atoms. The number of halogens is 1. The van der Waals surface area contributed by atoms with Crippen molar-refractivity contribution in [3.8, 4) is 5.75 Å². The van der Waals surface area contributed by atoms with E-state index in [1.807, 2.05) is 24.3 Å². The molecule has 0 spiro atoms. The van der Waals surface area contributed by atoms with E-state index in [4.69, 9.17) is 14.0 Å². The standard InChI is InChI=1S/C18H17BBrNO5/c1-21-10-17(22)25-19(26-18(23)11-21)14-5-7-16(8-6-14)24-12-13-3-2-4-15(20)9-13/h2-11,22-23H,12H2,1H3/b17-10-,18-11?. The zero-order valence-electron chi connectivity index (χ0n) is 14.0. The second-order valence-electron chi connectivity index (χ2n) is 5.66. The summed E-state index contributed by atoms with van der Waals surface area (Å²) in [4.78, 5) is 1.42. The van der Waals surface area contributed by atoms with E-state index in [-0.39, 0.29) is 11.9 Å². The average molecular weight is 418 g/mol. The molecule has 26 heavy (non-hydrogen) atoms. The van der Waals surface area contributed by atoms with Gasteiger partial charge in [0.2, 0.25) is 0 Å². The Labute approximate surface area is 160 Å². The molecule has 2 N–H and O–H groups in total. The van der Waals surface area contributed by atoms with Gasteiger partial charge in [-0.05, 0) is 29.8 Å². The van der Waals surface area contributed by atoms with Crippen molar-refractivity contribution < 1.29 is 24.3 Å². The molecule has 0 saturated heterocycles. The summed E-state index contributed by atoms with van der Waals surface area (Å²) in [6.07, 6.45) is 2.64. The minimum atomic E-state index is -0.977. The van der Waals surface area contributed by atoms with Crippen LogP contribution in [0.4, 0.5) is 0 Å². The van der Waals surface area contributed by atoms with Crippen LogP contribution in [0.25, 0.3) is 0 Å². The average Bonchev–Trinajstić information content (AvgIpc) is 2.58. The molecule has 8 heteroatoms. The molecule has 1 heterocycles. The lowest BCUT2D eigenvalue weighted by Crippen LogP contribution is -2.37. The van der Waals surface area contributed by atoms with Crippen molar-refractivity contribution in [2.45, 2.75) is 6.61 Å². The Bertz CT molecular complexity index is 803. The first-order chi connectivity index (χ1) is 12.5. The van der Waals surface area contributed by atoms with Crippen LogP contribution < -0.4 is 10.2 Å². The first kappa shape index (κ1) is 18.1. The van der Waals surface area contributed by atoms with Crippen molar-refractivity contribution in [3.05, 3.63) is 82.9 Å². The molecule has 3 rings (SSSR count). The van der Waals surface area contributed by atoms with Crippen molar-refractivity contribution >= 4 is 28.5 Å². The van der Waals surface area contributed by atoms with Crippen LogP contribution in [0, 0.1) is 0 Å². The van der Waals surface area contributed by atoms with Crippen LogP contribution in [0.15, 0.2) is 77.3 Å². The van der Waals surface area contributed by atoms with E-state index >= 15 is 0 Å². The third-order valence-electron chi connectivity index (χ3n) is 3.53. The van der Waals surface area contributed by atoms with E-state index in [9.17, 15) is 10.2 Å². The molecule has 0 aromatic heterocycles. The van der Waals surface area contributed by atoms with Crippen molar-refractivity contribution in [1.29, 1.82) is 0 Å². The molecule has 134 valence electrons. The van der Waals surface area contributed by atoms with Gasteiger partial charge in [0.1, 0.15) is 12.4 Å². The monoisotopic (exact) mass is 417 g/mol. The zero-order chi connectivity index (χ0) is 18.5. The van der Waals surface area contributed by atoms with Gasteiger partial charge >= 0.3 is 7.12 Å². The summed E-state index contributed by atoms with van der Waals surface area (Å²) in [5.74, 6) is 0.0336. The number of rotatable bonds is 4. The highest BCUT2D eigenvalue weighted by molar-refractivity contribution is 9.10. The maximum Gasteiger partial charge on any atom is 0.636 e. The van der Waals surface area contributed by atoms with Crippen LogP contribution in [-0.4, -0.2) is 29.3 Å². The van der Waals surface area contributed by atoms with Crippen molar-refractivity contribution in [3.63, 3.8) is 0 Å². The Morgan fingerprint density at radius 2 is 1.69 bits per heavy atom. The Morgan fingerprint density at radius 3 is 2.31 bits per heavy atom. The largest absolute Gasteiger partial charge is 0.636 e. The molecule has 0 unspecified atom stereocenters. The fraction of sp³-hybridized carbons (Fsp3) is 0.111. The summed E-state index contributed by atoms with van der Waals surface area (Å²) in [5.41, 5.74) is 1.66. The van der Waals surface area contributed by atoms with E-state index in [2.05, 4.69) is 15.9 Å². The van der Waals surface area contributed by atoms with Crippen LogP contribution in [-0.2, 0) is 15.9 Å². The van der Waals surface area contributed by atoms with E-state index in [0.29, 0.717) is 17.8 Å². The van der Waals surface area contributed by atoms with Gasteiger partial charge in [-0.25, -0.2) is 0 Å². The lowest BCUT2D eigenvalue weighted by atomic mass is 9.79. The topological polar surface area (TPSA) is 71.4 Å². The number of hydrogen-bond acceptors (Lipinski definition) is 6. The SMILES string of the molecule is CN1C=C(O)OB(c2ccc(OCc3cccc(Br)c3)cc2)O/C(O)=C\1. The van der Waals surface area contributed by atoms with Crippen molar-refractivity contribution in [1.82, 2.24) is 4.90 Å². The van der Waals surface area contributed by atoms with Crippen LogP contribution in [0.5, 0.6) is 5.75 Å². The van der Waals surface area contributed by atoms with Gasteiger partial charge in [-0.1, -0.05) is 40.2 Å². The van der Waals surface area contributed by atoms with Crippen LogP contribution in [0.1, 0.15) is 5.56 Å². The quantitative estimate of drug-likeness (QED) is 0.742. The highest BCUT2D eigenvalue weighted by Gasteiger charge is 2.29. The Morgan fingerprint density at radius 1 is 1.04 bits per heavy atom. The Hall–Kier alpha value is -2.74. The van der Waals surface area contributed by atoms with Gasteiger partial charge < -0.3 is 29.2 Å². The molecule has 0 fully saturated rings. The fourth-order valence-corrected chi connectivity index (χ4v) is 2.79. The Balaban J connectivity index is 1.67. The first-order valence-electron chi connectivity index (χ1n) is 7.83. The van der Waals surface area contributed by atoms with Crippen molar-refractivity contribution in [2.75, 3.05) is 7.05 Å². The van der Waals surface area contributed by atoms with Gasteiger partial charge in [0.25, 0.3) is 11.9 Å². The lowest BCUT2D eigenvalue weighted by Gasteiger charge is -2.20. The van der Waals surface area contributed by atoms with Crippen LogP contribution >= 0.6 is 15.9 Å². The molecular weight excluding hydrogens is 401 g/mol. The predicted molar refractivity (Wildman–Crippen MR) is 102 cm³/mol. The molecule has 2 aromatic carbocycles. The number of aliphatic hydroxyl groups excluding tert-OH is 2. The molecule has 0 amide bonds. The summed E-state index contributed by atoms with van der Waals surface area (Å²) in [5, 5.41) is 19.5. The van der Waals surface area contributed by atoms with Crippen molar-refractivity contribution in [2.24, 2.45) is 0 Å². The lowest BCUT2D eigenvalue weighted by molar-refractivity contribution is 0.124. The first-order valence-corrected chi connectivity index (χ1v) is 8.63. The van der Waals surface area contributed by atoms with Crippen LogP contribution in [0.2, 0.25) is 0 Å². The van der Waals surface area contributed by atoms with E-state index in [0.717, 1.165) is 10.0 Å². The van der Waals surface area contributed by atoms with Crippen LogP contribution in [0.3, 0.4) is 0 Å². The number of benzene rings is 2. The second-order valence-corrected chi connectivity index (χ2v) is 6.57. The smallest absolute Gasteiger partial charge is 0.494 e. The summed E-state index contributed by atoms with van der Waals surface area (Å²) in [6, 6.07) is 14.9. The summed E-state index contributed by atoms with van der Waals surface area (Å²) >= 11 is 3.43. The minimum absolute atomic E-state index is 0.323. The molecule has 0 saturated carbocycles. The van der Waals surface area contributed by atoms with Gasteiger partial charge in [-0.2, -0.15) is 0 Å². The van der Waals surface area contributed by atoms with E-state index < -0.39 is 7.12 Å². The molecule has 1 aliphatic heterocycles. The van der Waals surface area contributed by atoms with Gasteiger partial charge in [0.15, 0.2) is 0 Å². The molecular formula is C18H17BBrNO5. The molecule has 0 aliphatic carbocycles. The van der Waals surface area contributed by atoms with E-state index in [1.54, 1.807) is 31.3 Å². The summed E-state index contributed by atoms with van der Waals surface area (Å²) < 4.78 is 17.4. The van der Waals surface area contributed by atoms with Gasteiger partial charge in [0, 0.05) is 17.0 Å².